The first-order valence-electron chi connectivity index (χ1n) is 8.20. The van der Waals surface area contributed by atoms with Gasteiger partial charge in [0.15, 0.2) is 0 Å². The van der Waals surface area contributed by atoms with Crippen LogP contribution in [-0.4, -0.2) is 11.9 Å². The standard InChI is InChI=1S/C19H22ClN3O/c1-12(2)13-6-8-16(9-7-13)21-19(24)18-11-17(22-23-18)14-4-3-5-15(20)10-14/h3-10,12,17-18,22-23H,11H2,1-2H3,(H,21,24). The molecule has 0 aromatic heterocycles. The Labute approximate surface area is 147 Å². The van der Waals surface area contributed by atoms with Gasteiger partial charge in [0.05, 0.1) is 0 Å². The van der Waals surface area contributed by atoms with Gasteiger partial charge in [-0.1, -0.05) is 49.7 Å². The molecule has 4 nitrogen and oxygen atoms in total. The molecule has 126 valence electrons. The van der Waals surface area contributed by atoms with E-state index in [9.17, 15) is 4.79 Å². The van der Waals surface area contributed by atoms with E-state index in [1.807, 2.05) is 36.4 Å². The SMILES string of the molecule is CC(C)c1ccc(NC(=O)C2CC(c3cccc(Cl)c3)NN2)cc1. The fraction of sp³-hybridized carbons (Fsp3) is 0.316. The summed E-state index contributed by atoms with van der Waals surface area (Å²) in [5, 5.41) is 3.67. The lowest BCUT2D eigenvalue weighted by molar-refractivity contribution is -0.117. The van der Waals surface area contributed by atoms with Crippen molar-refractivity contribution in [2.24, 2.45) is 0 Å². The molecule has 2 unspecified atom stereocenters. The quantitative estimate of drug-likeness (QED) is 0.786. The normalized spacial score (nSPS) is 20.3. The first-order valence-corrected chi connectivity index (χ1v) is 8.58. The summed E-state index contributed by atoms with van der Waals surface area (Å²) in [5.74, 6) is 0.443. The lowest BCUT2D eigenvalue weighted by Gasteiger charge is -2.12. The second-order valence-corrected chi connectivity index (χ2v) is 6.89. The third-order valence-electron chi connectivity index (χ3n) is 4.32. The van der Waals surface area contributed by atoms with Gasteiger partial charge in [-0.2, -0.15) is 0 Å². The number of carbonyl (C=O) groups is 1. The molecule has 24 heavy (non-hydrogen) atoms. The predicted octanol–water partition coefficient (Wildman–Crippen LogP) is 4.01. The molecule has 0 bridgehead atoms. The summed E-state index contributed by atoms with van der Waals surface area (Å²) in [4.78, 5) is 12.4. The number of hydrazine groups is 1. The molecule has 1 saturated heterocycles. The third kappa shape index (κ3) is 3.96. The molecule has 2 aromatic rings. The van der Waals surface area contributed by atoms with Crippen molar-refractivity contribution in [2.45, 2.75) is 38.3 Å². The predicted molar refractivity (Wildman–Crippen MR) is 98.0 cm³/mol. The van der Waals surface area contributed by atoms with Crippen molar-refractivity contribution >= 4 is 23.2 Å². The molecular weight excluding hydrogens is 322 g/mol. The first kappa shape index (κ1) is 17.0. The second-order valence-electron chi connectivity index (χ2n) is 6.45. The van der Waals surface area contributed by atoms with E-state index in [0.717, 1.165) is 11.3 Å². The van der Waals surface area contributed by atoms with Crippen LogP contribution in [0.4, 0.5) is 5.69 Å². The topological polar surface area (TPSA) is 53.2 Å². The van der Waals surface area contributed by atoms with Crippen LogP contribution in [0, 0.1) is 0 Å². The van der Waals surface area contributed by atoms with Gasteiger partial charge in [0.2, 0.25) is 5.91 Å². The zero-order valence-electron chi connectivity index (χ0n) is 13.8. The average Bonchev–Trinajstić information content (AvgIpc) is 3.05. The molecule has 1 aliphatic rings. The van der Waals surface area contributed by atoms with Gasteiger partial charge in [0.1, 0.15) is 6.04 Å². The molecular formula is C19H22ClN3O. The Morgan fingerprint density at radius 1 is 1.17 bits per heavy atom. The molecule has 3 N–H and O–H groups in total. The van der Waals surface area contributed by atoms with Crippen molar-refractivity contribution in [3.8, 4) is 0 Å². The van der Waals surface area contributed by atoms with Crippen LogP contribution in [0.25, 0.3) is 0 Å². The van der Waals surface area contributed by atoms with E-state index in [1.54, 1.807) is 0 Å². The van der Waals surface area contributed by atoms with Gasteiger partial charge >= 0.3 is 0 Å². The Hall–Kier alpha value is -1.88. The van der Waals surface area contributed by atoms with E-state index in [2.05, 4.69) is 42.1 Å². The van der Waals surface area contributed by atoms with Crippen molar-refractivity contribution in [1.82, 2.24) is 10.9 Å². The summed E-state index contributed by atoms with van der Waals surface area (Å²) in [6.07, 6.45) is 0.677. The van der Waals surface area contributed by atoms with Crippen molar-refractivity contribution < 1.29 is 4.79 Å². The van der Waals surface area contributed by atoms with Crippen molar-refractivity contribution in [2.75, 3.05) is 5.32 Å². The molecule has 0 saturated carbocycles. The van der Waals surface area contributed by atoms with Crippen LogP contribution < -0.4 is 16.2 Å². The molecule has 1 amide bonds. The Balaban J connectivity index is 1.60. The summed E-state index contributed by atoms with van der Waals surface area (Å²) in [6.45, 7) is 4.30. The molecule has 2 aromatic carbocycles. The molecule has 0 aliphatic carbocycles. The smallest absolute Gasteiger partial charge is 0.242 e. The van der Waals surface area contributed by atoms with Gasteiger partial charge in [0, 0.05) is 16.8 Å². The van der Waals surface area contributed by atoms with Gasteiger partial charge in [-0.05, 0) is 47.7 Å². The summed E-state index contributed by atoms with van der Waals surface area (Å²) >= 11 is 6.04. The van der Waals surface area contributed by atoms with Crippen LogP contribution in [0.3, 0.4) is 0 Å². The zero-order chi connectivity index (χ0) is 17.1. The highest BCUT2D eigenvalue weighted by atomic mass is 35.5. The van der Waals surface area contributed by atoms with Gasteiger partial charge < -0.3 is 5.32 Å². The van der Waals surface area contributed by atoms with Crippen LogP contribution in [0.1, 0.15) is 43.4 Å². The fourth-order valence-corrected chi connectivity index (χ4v) is 3.05. The van der Waals surface area contributed by atoms with Crippen LogP contribution >= 0.6 is 11.6 Å². The summed E-state index contributed by atoms with van der Waals surface area (Å²) in [6, 6.07) is 15.5. The lowest BCUT2D eigenvalue weighted by atomic mass is 10.0. The largest absolute Gasteiger partial charge is 0.325 e. The summed E-state index contributed by atoms with van der Waals surface area (Å²) in [5.41, 5.74) is 9.39. The van der Waals surface area contributed by atoms with E-state index in [0.29, 0.717) is 17.4 Å². The Morgan fingerprint density at radius 2 is 1.92 bits per heavy atom. The van der Waals surface area contributed by atoms with Crippen LogP contribution in [0.5, 0.6) is 0 Å². The monoisotopic (exact) mass is 343 g/mol. The van der Waals surface area contributed by atoms with Crippen molar-refractivity contribution in [1.29, 1.82) is 0 Å². The van der Waals surface area contributed by atoms with Gasteiger partial charge in [-0.25, -0.2) is 10.9 Å². The molecule has 0 radical (unpaired) electrons. The van der Waals surface area contributed by atoms with Gasteiger partial charge in [0.25, 0.3) is 0 Å². The number of amides is 1. The molecule has 5 heteroatoms. The minimum Gasteiger partial charge on any atom is -0.325 e. The number of hydrogen-bond acceptors (Lipinski definition) is 3. The maximum absolute atomic E-state index is 12.4. The molecule has 1 aliphatic heterocycles. The van der Waals surface area contributed by atoms with Crippen LogP contribution in [0.15, 0.2) is 48.5 Å². The second kappa shape index (κ2) is 7.34. The number of rotatable bonds is 4. The first-order chi connectivity index (χ1) is 11.5. The number of hydrogen-bond donors (Lipinski definition) is 3. The van der Waals surface area contributed by atoms with E-state index in [-0.39, 0.29) is 18.0 Å². The molecule has 1 heterocycles. The number of nitrogens with one attached hydrogen (secondary N) is 3. The van der Waals surface area contributed by atoms with Crippen LogP contribution in [0.2, 0.25) is 5.02 Å². The van der Waals surface area contributed by atoms with Gasteiger partial charge in [-0.3, -0.25) is 4.79 Å². The van der Waals surface area contributed by atoms with Gasteiger partial charge in [-0.15, -0.1) is 0 Å². The highest BCUT2D eigenvalue weighted by molar-refractivity contribution is 6.30. The summed E-state index contributed by atoms with van der Waals surface area (Å²) < 4.78 is 0. The Kier molecular flexibility index (Phi) is 5.19. The van der Waals surface area contributed by atoms with E-state index < -0.39 is 0 Å². The Morgan fingerprint density at radius 3 is 2.58 bits per heavy atom. The average molecular weight is 344 g/mol. The maximum atomic E-state index is 12.4. The lowest BCUT2D eigenvalue weighted by Crippen LogP contribution is -2.39. The number of anilines is 1. The highest BCUT2D eigenvalue weighted by Gasteiger charge is 2.30. The van der Waals surface area contributed by atoms with E-state index in [4.69, 9.17) is 11.6 Å². The number of halogens is 1. The Bertz CT molecular complexity index is 715. The molecule has 1 fully saturated rings. The minimum absolute atomic E-state index is 0.0377. The van der Waals surface area contributed by atoms with Crippen molar-refractivity contribution in [3.63, 3.8) is 0 Å². The minimum atomic E-state index is -0.279. The van der Waals surface area contributed by atoms with Crippen LogP contribution in [-0.2, 0) is 4.79 Å². The fourth-order valence-electron chi connectivity index (χ4n) is 2.85. The van der Waals surface area contributed by atoms with Crippen molar-refractivity contribution in [3.05, 3.63) is 64.7 Å². The van der Waals surface area contributed by atoms with E-state index >= 15 is 0 Å². The zero-order valence-corrected chi connectivity index (χ0v) is 14.6. The molecule has 0 spiro atoms. The summed E-state index contributed by atoms with van der Waals surface area (Å²) in [7, 11) is 0. The number of benzene rings is 2. The maximum Gasteiger partial charge on any atom is 0.242 e. The molecule has 3 rings (SSSR count). The van der Waals surface area contributed by atoms with E-state index in [1.165, 1.54) is 5.56 Å². The molecule has 2 atom stereocenters. The number of carbonyl (C=O) groups excluding carboxylic acids is 1. The highest BCUT2D eigenvalue weighted by Crippen LogP contribution is 2.25. The third-order valence-corrected chi connectivity index (χ3v) is 4.55.